The molecule has 0 amide bonds. The van der Waals surface area contributed by atoms with E-state index < -0.39 is 5.97 Å². The van der Waals surface area contributed by atoms with Crippen LogP contribution in [-0.2, 0) is 4.79 Å². The summed E-state index contributed by atoms with van der Waals surface area (Å²) in [5, 5.41) is 0. The van der Waals surface area contributed by atoms with Crippen molar-refractivity contribution in [3.8, 4) is 5.75 Å². The number of carbonyl (C=O) groups is 1. The summed E-state index contributed by atoms with van der Waals surface area (Å²) in [6, 6.07) is 7.09. The van der Waals surface area contributed by atoms with Gasteiger partial charge in [-0.3, -0.25) is 0 Å². The highest BCUT2D eigenvalue weighted by Gasteiger charge is 2.04. The fourth-order valence-electron chi connectivity index (χ4n) is 0.725. The minimum absolute atomic E-state index is 0.389. The number of benzene rings is 1. The van der Waals surface area contributed by atoms with E-state index in [2.05, 4.69) is 22.5 Å². The molecular weight excluding hydrogens is 232 g/mol. The molecule has 0 radical (unpaired) electrons. The molecule has 13 heavy (non-hydrogen) atoms. The Morgan fingerprint density at radius 1 is 1.54 bits per heavy atom. The molecule has 0 fully saturated rings. The maximum absolute atomic E-state index is 11.1. The van der Waals surface area contributed by atoms with Gasteiger partial charge in [0, 0.05) is 10.0 Å². The Bertz CT molecular complexity index is 345. The Morgan fingerprint density at radius 3 is 2.77 bits per heavy atom. The molecule has 0 aromatic heterocycles. The quantitative estimate of drug-likeness (QED) is 0.452. The van der Waals surface area contributed by atoms with E-state index in [-0.39, 0.29) is 0 Å². The fraction of sp³-hybridized carbons (Fsp3) is 0.100. The Kier molecular flexibility index (Phi) is 3.25. The summed E-state index contributed by atoms with van der Waals surface area (Å²) < 4.78 is 5.86. The maximum Gasteiger partial charge on any atom is 0.338 e. The molecular formula is C10H9BrO2. The van der Waals surface area contributed by atoms with E-state index >= 15 is 0 Å². The van der Waals surface area contributed by atoms with Crippen LogP contribution in [0.2, 0.25) is 0 Å². The zero-order valence-electron chi connectivity index (χ0n) is 7.21. The van der Waals surface area contributed by atoms with Gasteiger partial charge in [0.1, 0.15) is 5.75 Å². The number of esters is 1. The molecule has 1 aromatic carbocycles. The molecule has 0 aliphatic heterocycles. The zero-order chi connectivity index (χ0) is 9.84. The molecule has 3 heteroatoms. The van der Waals surface area contributed by atoms with Crippen LogP contribution in [0.15, 0.2) is 40.9 Å². The summed E-state index contributed by atoms with van der Waals surface area (Å²) in [4.78, 5) is 11.1. The SMILES string of the molecule is C=C(C)C(=O)Oc1cccc(Br)c1. The lowest BCUT2D eigenvalue weighted by molar-refractivity contribution is -0.130. The number of ether oxygens (including phenoxy) is 1. The molecule has 1 rings (SSSR count). The number of halogens is 1. The summed E-state index contributed by atoms with van der Waals surface area (Å²) in [5.41, 5.74) is 0.389. The van der Waals surface area contributed by atoms with Crippen LogP contribution in [0.25, 0.3) is 0 Å². The molecule has 1 aromatic rings. The molecule has 0 bridgehead atoms. The third-order valence-electron chi connectivity index (χ3n) is 1.36. The Morgan fingerprint density at radius 2 is 2.23 bits per heavy atom. The fourth-order valence-corrected chi connectivity index (χ4v) is 1.10. The van der Waals surface area contributed by atoms with E-state index in [1.165, 1.54) is 0 Å². The third-order valence-corrected chi connectivity index (χ3v) is 1.85. The molecule has 0 aliphatic rings. The van der Waals surface area contributed by atoms with E-state index in [1.807, 2.05) is 6.07 Å². The molecule has 0 atom stereocenters. The lowest BCUT2D eigenvalue weighted by atomic mass is 10.3. The van der Waals surface area contributed by atoms with Crippen LogP contribution in [0, 0.1) is 0 Å². The monoisotopic (exact) mass is 240 g/mol. The number of rotatable bonds is 2. The molecule has 0 saturated carbocycles. The topological polar surface area (TPSA) is 26.3 Å². The lowest BCUT2D eigenvalue weighted by Gasteiger charge is -2.02. The lowest BCUT2D eigenvalue weighted by Crippen LogP contribution is -2.07. The van der Waals surface area contributed by atoms with E-state index in [0.717, 1.165) is 4.47 Å². The Labute approximate surface area is 85.3 Å². The van der Waals surface area contributed by atoms with Crippen LogP contribution in [0.5, 0.6) is 5.75 Å². The molecule has 0 aliphatic carbocycles. The highest BCUT2D eigenvalue weighted by molar-refractivity contribution is 9.10. The van der Waals surface area contributed by atoms with Gasteiger partial charge in [0.15, 0.2) is 0 Å². The summed E-state index contributed by atoms with van der Waals surface area (Å²) in [6.45, 7) is 5.10. The van der Waals surface area contributed by atoms with E-state index in [9.17, 15) is 4.79 Å². The van der Waals surface area contributed by atoms with Crippen molar-refractivity contribution >= 4 is 21.9 Å². The van der Waals surface area contributed by atoms with Crippen molar-refractivity contribution < 1.29 is 9.53 Å². The van der Waals surface area contributed by atoms with Gasteiger partial charge in [-0.2, -0.15) is 0 Å². The maximum atomic E-state index is 11.1. The van der Waals surface area contributed by atoms with Crippen molar-refractivity contribution in [2.75, 3.05) is 0 Å². The molecule has 68 valence electrons. The largest absolute Gasteiger partial charge is 0.423 e. The van der Waals surface area contributed by atoms with E-state index in [1.54, 1.807) is 25.1 Å². The predicted octanol–water partition coefficient (Wildman–Crippen LogP) is 2.93. The second-order valence-corrected chi connectivity index (χ2v) is 3.54. The van der Waals surface area contributed by atoms with Gasteiger partial charge < -0.3 is 4.74 Å². The molecule has 0 heterocycles. The van der Waals surface area contributed by atoms with Gasteiger partial charge in [-0.15, -0.1) is 0 Å². The second kappa shape index (κ2) is 4.23. The van der Waals surface area contributed by atoms with Crippen molar-refractivity contribution in [3.63, 3.8) is 0 Å². The summed E-state index contributed by atoms with van der Waals surface area (Å²) in [6.07, 6.45) is 0. The highest BCUT2D eigenvalue weighted by Crippen LogP contribution is 2.18. The average Bonchev–Trinajstić information content (AvgIpc) is 2.04. The van der Waals surface area contributed by atoms with E-state index in [4.69, 9.17) is 4.74 Å². The van der Waals surface area contributed by atoms with Crippen molar-refractivity contribution in [3.05, 3.63) is 40.9 Å². The smallest absolute Gasteiger partial charge is 0.338 e. The van der Waals surface area contributed by atoms with Gasteiger partial charge in [-0.25, -0.2) is 4.79 Å². The minimum atomic E-state index is -0.405. The number of carbonyl (C=O) groups excluding carboxylic acids is 1. The summed E-state index contributed by atoms with van der Waals surface area (Å²) >= 11 is 3.28. The predicted molar refractivity (Wildman–Crippen MR) is 54.6 cm³/mol. The van der Waals surface area contributed by atoms with Gasteiger partial charge in [-0.05, 0) is 25.1 Å². The van der Waals surface area contributed by atoms with Crippen LogP contribution in [0.1, 0.15) is 6.92 Å². The first-order valence-electron chi connectivity index (χ1n) is 3.73. The Balaban J connectivity index is 2.75. The minimum Gasteiger partial charge on any atom is -0.423 e. The molecule has 0 unspecified atom stereocenters. The normalized spacial score (nSPS) is 9.38. The first kappa shape index (κ1) is 9.99. The van der Waals surface area contributed by atoms with Crippen LogP contribution < -0.4 is 4.74 Å². The molecule has 0 spiro atoms. The van der Waals surface area contributed by atoms with Crippen LogP contribution in [0.3, 0.4) is 0 Å². The number of hydrogen-bond acceptors (Lipinski definition) is 2. The van der Waals surface area contributed by atoms with Crippen LogP contribution in [-0.4, -0.2) is 5.97 Å². The van der Waals surface area contributed by atoms with Crippen molar-refractivity contribution in [1.29, 1.82) is 0 Å². The van der Waals surface area contributed by atoms with E-state index in [0.29, 0.717) is 11.3 Å². The van der Waals surface area contributed by atoms with Crippen molar-refractivity contribution in [2.24, 2.45) is 0 Å². The third kappa shape index (κ3) is 3.03. The highest BCUT2D eigenvalue weighted by atomic mass is 79.9. The molecule has 0 N–H and O–H groups in total. The first-order chi connectivity index (χ1) is 6.09. The second-order valence-electron chi connectivity index (χ2n) is 2.63. The van der Waals surface area contributed by atoms with Gasteiger partial charge in [0.05, 0.1) is 0 Å². The van der Waals surface area contributed by atoms with Crippen LogP contribution >= 0.6 is 15.9 Å². The van der Waals surface area contributed by atoms with Gasteiger partial charge in [-0.1, -0.05) is 28.6 Å². The average molecular weight is 241 g/mol. The van der Waals surface area contributed by atoms with Gasteiger partial charge >= 0.3 is 5.97 Å². The summed E-state index contributed by atoms with van der Waals surface area (Å²) in [7, 11) is 0. The first-order valence-corrected chi connectivity index (χ1v) is 4.52. The number of hydrogen-bond donors (Lipinski definition) is 0. The standard InChI is InChI=1S/C10H9BrO2/c1-7(2)10(12)13-9-5-3-4-8(11)6-9/h3-6H,1H2,2H3. The molecule has 2 nitrogen and oxygen atoms in total. The summed E-state index contributed by atoms with van der Waals surface area (Å²) in [5.74, 6) is 0.112. The van der Waals surface area contributed by atoms with Gasteiger partial charge in [0.2, 0.25) is 0 Å². The van der Waals surface area contributed by atoms with Crippen molar-refractivity contribution in [1.82, 2.24) is 0 Å². The zero-order valence-corrected chi connectivity index (χ0v) is 8.80. The molecule has 0 saturated heterocycles. The van der Waals surface area contributed by atoms with Crippen LogP contribution in [0.4, 0.5) is 0 Å². The van der Waals surface area contributed by atoms with Crippen molar-refractivity contribution in [2.45, 2.75) is 6.92 Å². The van der Waals surface area contributed by atoms with Gasteiger partial charge in [0.25, 0.3) is 0 Å². The Hall–Kier alpha value is -1.09.